The van der Waals surface area contributed by atoms with Gasteiger partial charge >= 0.3 is 0 Å². The average molecular weight is 310 g/mol. The Morgan fingerprint density at radius 1 is 1.43 bits per heavy atom. The second kappa shape index (κ2) is 7.45. The van der Waals surface area contributed by atoms with Crippen LogP contribution in [0.3, 0.4) is 0 Å². The van der Waals surface area contributed by atoms with Crippen molar-refractivity contribution in [1.82, 2.24) is 15.1 Å². The van der Waals surface area contributed by atoms with E-state index in [1.807, 2.05) is 26.1 Å². The predicted octanol–water partition coefficient (Wildman–Crippen LogP) is 1.91. The zero-order chi connectivity index (χ0) is 15.2. The fourth-order valence-electron chi connectivity index (χ4n) is 1.90. The van der Waals surface area contributed by atoms with Crippen molar-refractivity contribution in [2.24, 2.45) is 7.05 Å². The lowest BCUT2D eigenvalue weighted by atomic mass is 10.2. The molecule has 0 spiro atoms. The summed E-state index contributed by atoms with van der Waals surface area (Å²) in [5.74, 6) is 0.711. The molecule has 2 aromatic rings. The molecule has 5 nitrogen and oxygen atoms in total. The van der Waals surface area contributed by atoms with E-state index < -0.39 is 6.10 Å². The van der Waals surface area contributed by atoms with Gasteiger partial charge < -0.3 is 15.2 Å². The number of hydrogen-bond donors (Lipinski definition) is 2. The molecule has 0 radical (unpaired) electrons. The van der Waals surface area contributed by atoms with Crippen molar-refractivity contribution in [1.29, 1.82) is 0 Å². The summed E-state index contributed by atoms with van der Waals surface area (Å²) < 4.78 is 7.35. The largest absolute Gasteiger partial charge is 0.491 e. The monoisotopic (exact) mass is 309 g/mol. The highest BCUT2D eigenvalue weighted by molar-refractivity contribution is 6.31. The van der Waals surface area contributed by atoms with Crippen LogP contribution in [0.15, 0.2) is 30.5 Å². The van der Waals surface area contributed by atoms with Crippen LogP contribution >= 0.6 is 11.6 Å². The highest BCUT2D eigenvalue weighted by atomic mass is 35.5. The molecule has 1 aromatic carbocycles. The summed E-state index contributed by atoms with van der Waals surface area (Å²) in [6.07, 6.45) is 1.17. The zero-order valence-corrected chi connectivity index (χ0v) is 13.0. The Labute approximate surface area is 129 Å². The fourth-order valence-corrected chi connectivity index (χ4v) is 2.02. The molecule has 0 saturated heterocycles. The van der Waals surface area contributed by atoms with Crippen LogP contribution in [-0.4, -0.2) is 34.1 Å². The van der Waals surface area contributed by atoms with Crippen LogP contribution in [0, 0.1) is 6.92 Å². The molecule has 6 heteroatoms. The molecule has 21 heavy (non-hydrogen) atoms. The number of rotatable bonds is 7. The maximum absolute atomic E-state index is 9.90. The van der Waals surface area contributed by atoms with Crippen molar-refractivity contribution in [2.45, 2.75) is 19.6 Å². The second-order valence-electron chi connectivity index (χ2n) is 4.95. The Kier molecular flexibility index (Phi) is 5.61. The van der Waals surface area contributed by atoms with Gasteiger partial charge in [0.15, 0.2) is 0 Å². The molecule has 114 valence electrons. The van der Waals surface area contributed by atoms with Crippen LogP contribution < -0.4 is 10.1 Å². The predicted molar refractivity (Wildman–Crippen MR) is 82.6 cm³/mol. The number of aliphatic hydroxyl groups is 1. The normalized spacial score (nSPS) is 12.4. The van der Waals surface area contributed by atoms with Crippen molar-refractivity contribution in [3.05, 3.63) is 46.7 Å². The maximum atomic E-state index is 9.90. The molecule has 0 amide bonds. The molecule has 0 bridgehead atoms. The molecule has 0 saturated carbocycles. The van der Waals surface area contributed by atoms with Crippen molar-refractivity contribution in [3.63, 3.8) is 0 Å². The highest BCUT2D eigenvalue weighted by Gasteiger charge is 2.06. The van der Waals surface area contributed by atoms with E-state index in [1.54, 1.807) is 23.0 Å². The molecule has 2 rings (SSSR count). The van der Waals surface area contributed by atoms with Gasteiger partial charge in [0.1, 0.15) is 18.5 Å². The van der Waals surface area contributed by atoms with Crippen LogP contribution in [-0.2, 0) is 13.6 Å². The molecular weight excluding hydrogens is 290 g/mol. The highest BCUT2D eigenvalue weighted by Crippen LogP contribution is 2.21. The van der Waals surface area contributed by atoms with E-state index >= 15 is 0 Å². The Bertz CT molecular complexity index is 586. The van der Waals surface area contributed by atoms with Gasteiger partial charge in [-0.25, -0.2) is 0 Å². The lowest BCUT2D eigenvalue weighted by Crippen LogP contribution is -2.31. The van der Waals surface area contributed by atoms with Crippen LogP contribution in [0.5, 0.6) is 5.75 Å². The molecule has 1 atom stereocenters. The molecule has 0 aliphatic carbocycles. The van der Waals surface area contributed by atoms with Crippen molar-refractivity contribution >= 4 is 11.6 Å². The Hall–Kier alpha value is -1.56. The summed E-state index contributed by atoms with van der Waals surface area (Å²) in [4.78, 5) is 0. The topological polar surface area (TPSA) is 59.3 Å². The van der Waals surface area contributed by atoms with E-state index in [-0.39, 0.29) is 6.61 Å². The van der Waals surface area contributed by atoms with E-state index in [9.17, 15) is 5.11 Å². The van der Waals surface area contributed by atoms with Gasteiger partial charge in [0.2, 0.25) is 0 Å². The molecule has 0 aliphatic rings. The Morgan fingerprint density at radius 3 is 2.90 bits per heavy atom. The van der Waals surface area contributed by atoms with Crippen LogP contribution in [0.25, 0.3) is 0 Å². The summed E-state index contributed by atoms with van der Waals surface area (Å²) in [5.41, 5.74) is 2.02. The van der Waals surface area contributed by atoms with E-state index in [1.165, 1.54) is 0 Å². The van der Waals surface area contributed by atoms with Crippen LogP contribution in [0.4, 0.5) is 0 Å². The first-order valence-corrected chi connectivity index (χ1v) is 7.18. The summed E-state index contributed by atoms with van der Waals surface area (Å²) in [6, 6.07) is 7.38. The number of ether oxygens (including phenoxy) is 1. The summed E-state index contributed by atoms with van der Waals surface area (Å²) in [7, 11) is 1.89. The average Bonchev–Trinajstić information content (AvgIpc) is 2.86. The third kappa shape index (κ3) is 4.74. The first kappa shape index (κ1) is 15.8. The van der Waals surface area contributed by atoms with Crippen molar-refractivity contribution < 1.29 is 9.84 Å². The van der Waals surface area contributed by atoms with Gasteiger partial charge in [-0.2, -0.15) is 5.10 Å². The lowest BCUT2D eigenvalue weighted by Gasteiger charge is -2.14. The molecule has 1 heterocycles. The second-order valence-corrected chi connectivity index (χ2v) is 5.36. The fraction of sp³-hybridized carbons (Fsp3) is 0.400. The number of aryl methyl sites for hydroxylation is 2. The summed E-state index contributed by atoms with van der Waals surface area (Å²) >= 11 is 5.95. The van der Waals surface area contributed by atoms with Gasteiger partial charge in [0, 0.05) is 31.4 Å². The van der Waals surface area contributed by atoms with Gasteiger partial charge in [0.05, 0.1) is 5.69 Å². The molecule has 1 unspecified atom stereocenters. The van der Waals surface area contributed by atoms with Crippen molar-refractivity contribution in [2.75, 3.05) is 13.2 Å². The minimum absolute atomic E-state index is 0.236. The third-order valence-electron chi connectivity index (χ3n) is 3.18. The number of aliphatic hydroxyl groups excluding tert-OH is 1. The molecular formula is C15H20ClN3O2. The van der Waals surface area contributed by atoms with Gasteiger partial charge in [-0.15, -0.1) is 0 Å². The number of nitrogens with zero attached hydrogens (tertiary/aromatic N) is 2. The maximum Gasteiger partial charge on any atom is 0.119 e. The zero-order valence-electron chi connectivity index (χ0n) is 12.2. The number of nitrogens with one attached hydrogen (secondary N) is 1. The Balaban J connectivity index is 1.71. The van der Waals surface area contributed by atoms with Crippen LogP contribution in [0.2, 0.25) is 5.02 Å². The van der Waals surface area contributed by atoms with E-state index in [4.69, 9.17) is 16.3 Å². The quantitative estimate of drug-likeness (QED) is 0.820. The number of halogens is 1. The summed E-state index contributed by atoms with van der Waals surface area (Å²) in [5, 5.41) is 17.9. The SMILES string of the molecule is Cc1cc(OCC(O)CNCc2ccnn2C)ccc1Cl. The number of benzene rings is 1. The number of hydrogen-bond acceptors (Lipinski definition) is 4. The lowest BCUT2D eigenvalue weighted by molar-refractivity contribution is 0.106. The standard InChI is InChI=1S/C15H20ClN3O2/c1-11-7-14(3-4-15(11)16)21-10-13(20)9-17-8-12-5-6-18-19(12)2/h3-7,13,17,20H,8-10H2,1-2H3. The van der Waals surface area contributed by atoms with E-state index in [0.29, 0.717) is 23.9 Å². The van der Waals surface area contributed by atoms with Gasteiger partial charge in [0.25, 0.3) is 0 Å². The smallest absolute Gasteiger partial charge is 0.119 e. The Morgan fingerprint density at radius 2 is 2.24 bits per heavy atom. The molecule has 0 aliphatic heterocycles. The minimum Gasteiger partial charge on any atom is -0.491 e. The van der Waals surface area contributed by atoms with Crippen LogP contribution in [0.1, 0.15) is 11.3 Å². The molecule has 0 fully saturated rings. The molecule has 1 aromatic heterocycles. The minimum atomic E-state index is -0.575. The van der Waals surface area contributed by atoms with E-state index in [0.717, 1.165) is 11.3 Å². The van der Waals surface area contributed by atoms with E-state index in [2.05, 4.69) is 10.4 Å². The van der Waals surface area contributed by atoms with Gasteiger partial charge in [-0.1, -0.05) is 11.6 Å². The summed E-state index contributed by atoms with van der Waals surface area (Å²) in [6.45, 7) is 3.27. The first-order chi connectivity index (χ1) is 10.1. The number of aromatic nitrogens is 2. The molecule has 2 N–H and O–H groups in total. The van der Waals surface area contributed by atoms with Crippen molar-refractivity contribution in [3.8, 4) is 5.75 Å². The van der Waals surface area contributed by atoms with Gasteiger partial charge in [-0.05, 0) is 36.8 Å². The third-order valence-corrected chi connectivity index (χ3v) is 3.60. The van der Waals surface area contributed by atoms with Gasteiger partial charge in [-0.3, -0.25) is 4.68 Å². The first-order valence-electron chi connectivity index (χ1n) is 6.81.